The molecule has 1 aromatic heterocycles. The molecule has 4 rings (SSSR count). The minimum absolute atomic E-state index is 0.483. The van der Waals surface area contributed by atoms with Crippen molar-refractivity contribution >= 4 is 27.7 Å². The fraction of sp³-hybridized carbons (Fsp3) is 0.222. The molecular weight excluding hydrogens is 420 g/mol. The summed E-state index contributed by atoms with van der Waals surface area (Å²) in [5.74, 6) is 3.46. The van der Waals surface area contributed by atoms with Crippen LogP contribution in [-0.4, -0.2) is 30.5 Å². The summed E-state index contributed by atoms with van der Waals surface area (Å²) < 4.78 is 23.1. The van der Waals surface area contributed by atoms with E-state index < -0.39 is 0 Å². The zero-order chi connectivity index (χ0) is 17.9. The molecule has 1 aliphatic rings. The molecular formula is C18H15BrN2O4S. The van der Waals surface area contributed by atoms with Gasteiger partial charge in [0.2, 0.25) is 5.89 Å². The Morgan fingerprint density at radius 3 is 2.54 bits per heavy atom. The molecule has 0 radical (unpaired) electrons. The van der Waals surface area contributed by atoms with Crippen LogP contribution in [0.2, 0.25) is 0 Å². The van der Waals surface area contributed by atoms with Crippen molar-refractivity contribution in [3.8, 4) is 28.7 Å². The van der Waals surface area contributed by atoms with Crippen molar-refractivity contribution in [2.45, 2.75) is 11.0 Å². The molecule has 0 bridgehead atoms. The third kappa shape index (κ3) is 3.66. The normalized spacial score (nSPS) is 12.8. The SMILES string of the molecule is COc1ccc(-c2nnc(SCc3cc4c(cc3Br)OCCO4)o2)cc1. The van der Waals surface area contributed by atoms with Gasteiger partial charge in [0.15, 0.2) is 11.5 Å². The number of hydrogen-bond donors (Lipinski definition) is 0. The van der Waals surface area contributed by atoms with Crippen LogP contribution in [0.1, 0.15) is 5.56 Å². The fourth-order valence-corrected chi connectivity index (χ4v) is 3.88. The van der Waals surface area contributed by atoms with Gasteiger partial charge in [-0.3, -0.25) is 0 Å². The van der Waals surface area contributed by atoms with E-state index in [-0.39, 0.29) is 0 Å². The Kier molecular flexibility index (Phi) is 5.03. The largest absolute Gasteiger partial charge is 0.497 e. The van der Waals surface area contributed by atoms with Gasteiger partial charge in [0, 0.05) is 15.8 Å². The molecule has 0 fully saturated rings. The maximum Gasteiger partial charge on any atom is 0.277 e. The second-order valence-electron chi connectivity index (χ2n) is 5.48. The van der Waals surface area contributed by atoms with Crippen molar-refractivity contribution in [3.63, 3.8) is 0 Å². The molecule has 1 aliphatic heterocycles. The predicted molar refractivity (Wildman–Crippen MR) is 101 cm³/mol. The highest BCUT2D eigenvalue weighted by atomic mass is 79.9. The Balaban J connectivity index is 1.46. The Morgan fingerprint density at radius 1 is 1.08 bits per heavy atom. The number of rotatable bonds is 5. The van der Waals surface area contributed by atoms with Gasteiger partial charge in [-0.2, -0.15) is 0 Å². The van der Waals surface area contributed by atoms with Crippen LogP contribution in [-0.2, 0) is 5.75 Å². The van der Waals surface area contributed by atoms with Crippen molar-refractivity contribution < 1.29 is 18.6 Å². The maximum absolute atomic E-state index is 5.75. The van der Waals surface area contributed by atoms with Crippen LogP contribution in [0.4, 0.5) is 0 Å². The van der Waals surface area contributed by atoms with Gasteiger partial charge in [0.1, 0.15) is 19.0 Å². The molecule has 134 valence electrons. The van der Waals surface area contributed by atoms with Crippen molar-refractivity contribution in [2.24, 2.45) is 0 Å². The number of aromatic nitrogens is 2. The van der Waals surface area contributed by atoms with E-state index in [1.165, 1.54) is 11.8 Å². The number of thioether (sulfide) groups is 1. The third-order valence-electron chi connectivity index (χ3n) is 3.81. The van der Waals surface area contributed by atoms with Crippen molar-refractivity contribution in [2.75, 3.05) is 20.3 Å². The standard InChI is InChI=1S/C18H15BrN2O4S/c1-22-13-4-2-11(3-5-13)17-20-21-18(25-17)26-10-12-8-15-16(9-14(12)19)24-7-6-23-15/h2-5,8-9H,6-7,10H2,1H3. The lowest BCUT2D eigenvalue weighted by atomic mass is 10.2. The first-order valence-corrected chi connectivity index (χ1v) is 9.69. The van der Waals surface area contributed by atoms with Crippen molar-refractivity contribution in [1.82, 2.24) is 10.2 Å². The fourth-order valence-electron chi connectivity index (χ4n) is 2.47. The van der Waals surface area contributed by atoms with E-state index in [0.29, 0.717) is 30.1 Å². The number of hydrogen-bond acceptors (Lipinski definition) is 7. The molecule has 8 heteroatoms. The molecule has 0 unspecified atom stereocenters. The Hall–Kier alpha value is -2.19. The second-order valence-corrected chi connectivity index (χ2v) is 7.26. The molecule has 2 aromatic carbocycles. The molecule has 0 saturated heterocycles. The summed E-state index contributed by atoms with van der Waals surface area (Å²) in [6, 6.07) is 11.4. The van der Waals surface area contributed by atoms with Gasteiger partial charge in [-0.1, -0.05) is 27.7 Å². The van der Waals surface area contributed by atoms with E-state index in [9.17, 15) is 0 Å². The average Bonchev–Trinajstić information content (AvgIpc) is 3.15. The molecule has 0 spiro atoms. The number of ether oxygens (including phenoxy) is 3. The maximum atomic E-state index is 5.75. The topological polar surface area (TPSA) is 66.6 Å². The first kappa shape index (κ1) is 17.2. The predicted octanol–water partition coefficient (Wildman–Crippen LogP) is 4.57. The van der Waals surface area contributed by atoms with E-state index >= 15 is 0 Å². The zero-order valence-corrected chi connectivity index (χ0v) is 16.3. The van der Waals surface area contributed by atoms with Gasteiger partial charge in [-0.25, -0.2) is 0 Å². The van der Waals surface area contributed by atoms with E-state index in [1.54, 1.807) is 7.11 Å². The molecule has 6 nitrogen and oxygen atoms in total. The van der Waals surface area contributed by atoms with Crippen LogP contribution in [0.15, 0.2) is 50.5 Å². The van der Waals surface area contributed by atoms with E-state index in [1.807, 2.05) is 36.4 Å². The summed E-state index contributed by atoms with van der Waals surface area (Å²) in [5, 5.41) is 8.74. The van der Waals surface area contributed by atoms with Gasteiger partial charge in [-0.05, 0) is 42.0 Å². The summed E-state index contributed by atoms with van der Waals surface area (Å²) >= 11 is 5.05. The molecule has 3 aromatic rings. The molecule has 0 N–H and O–H groups in total. The quantitative estimate of drug-likeness (QED) is 0.544. The van der Waals surface area contributed by atoms with Crippen LogP contribution < -0.4 is 14.2 Å². The first-order chi connectivity index (χ1) is 12.7. The van der Waals surface area contributed by atoms with Crippen LogP contribution in [0.3, 0.4) is 0 Å². The Bertz CT molecular complexity index is 914. The molecule has 0 amide bonds. The lowest BCUT2D eigenvalue weighted by Crippen LogP contribution is -2.15. The highest BCUT2D eigenvalue weighted by Gasteiger charge is 2.16. The monoisotopic (exact) mass is 434 g/mol. The second kappa shape index (κ2) is 7.59. The van der Waals surface area contributed by atoms with E-state index in [2.05, 4.69) is 26.1 Å². The highest BCUT2D eigenvalue weighted by Crippen LogP contribution is 2.38. The van der Waals surface area contributed by atoms with Crippen LogP contribution >= 0.6 is 27.7 Å². The molecule has 0 atom stereocenters. The lowest BCUT2D eigenvalue weighted by molar-refractivity contribution is 0.171. The number of methoxy groups -OCH3 is 1. The third-order valence-corrected chi connectivity index (χ3v) is 5.41. The summed E-state index contributed by atoms with van der Waals surface area (Å²) in [7, 11) is 1.63. The minimum Gasteiger partial charge on any atom is -0.497 e. The first-order valence-electron chi connectivity index (χ1n) is 7.91. The average molecular weight is 435 g/mol. The molecule has 0 saturated carbocycles. The van der Waals surface area contributed by atoms with Gasteiger partial charge in [0.25, 0.3) is 5.22 Å². The molecule has 2 heterocycles. The smallest absolute Gasteiger partial charge is 0.277 e. The van der Waals surface area contributed by atoms with Gasteiger partial charge >= 0.3 is 0 Å². The highest BCUT2D eigenvalue weighted by molar-refractivity contribution is 9.10. The van der Waals surface area contributed by atoms with Gasteiger partial charge in [-0.15, -0.1) is 10.2 Å². The van der Waals surface area contributed by atoms with E-state index in [0.717, 1.165) is 32.8 Å². The minimum atomic E-state index is 0.483. The zero-order valence-electron chi connectivity index (χ0n) is 13.9. The summed E-state index contributed by atoms with van der Waals surface area (Å²) in [6.07, 6.45) is 0. The number of halogens is 1. The summed E-state index contributed by atoms with van der Waals surface area (Å²) in [6.45, 7) is 1.14. The number of fused-ring (bicyclic) bond motifs is 1. The van der Waals surface area contributed by atoms with Crippen LogP contribution in [0.25, 0.3) is 11.5 Å². The van der Waals surface area contributed by atoms with Crippen molar-refractivity contribution in [3.05, 3.63) is 46.4 Å². The summed E-state index contributed by atoms with van der Waals surface area (Å²) in [4.78, 5) is 0. The summed E-state index contributed by atoms with van der Waals surface area (Å²) in [5.41, 5.74) is 1.93. The Morgan fingerprint density at radius 2 is 1.81 bits per heavy atom. The number of nitrogens with zero attached hydrogens (tertiary/aromatic N) is 2. The van der Waals surface area contributed by atoms with Crippen LogP contribution in [0, 0.1) is 0 Å². The van der Waals surface area contributed by atoms with Gasteiger partial charge in [0.05, 0.1) is 7.11 Å². The van der Waals surface area contributed by atoms with Gasteiger partial charge < -0.3 is 18.6 Å². The lowest BCUT2D eigenvalue weighted by Gasteiger charge is -2.19. The van der Waals surface area contributed by atoms with Crippen molar-refractivity contribution in [1.29, 1.82) is 0 Å². The molecule has 26 heavy (non-hydrogen) atoms. The number of benzene rings is 2. The molecule has 0 aliphatic carbocycles. The van der Waals surface area contributed by atoms with Crippen LogP contribution in [0.5, 0.6) is 17.2 Å². The van der Waals surface area contributed by atoms with E-state index in [4.69, 9.17) is 18.6 Å². The Labute approximate surface area is 163 Å².